The molecule has 124 valence electrons. The number of rotatable bonds is 5. The summed E-state index contributed by atoms with van der Waals surface area (Å²) in [6.45, 7) is 0.0431. The third kappa shape index (κ3) is 4.40. The van der Waals surface area contributed by atoms with Gasteiger partial charge in [0.15, 0.2) is 6.10 Å². The van der Waals surface area contributed by atoms with Gasteiger partial charge >= 0.3 is 13.8 Å². The molecule has 0 aromatic rings. The molecule has 0 radical (unpaired) electrons. The number of hydroxylamine groups is 1. The third-order valence-electron chi connectivity index (χ3n) is 2.48. The van der Waals surface area contributed by atoms with E-state index < -0.39 is 50.7 Å². The second-order valence-corrected chi connectivity index (χ2v) is 5.51. The van der Waals surface area contributed by atoms with E-state index in [1.54, 1.807) is 0 Å². The van der Waals surface area contributed by atoms with E-state index in [0.717, 1.165) is 6.92 Å². The van der Waals surface area contributed by atoms with E-state index in [-0.39, 0.29) is 0 Å². The van der Waals surface area contributed by atoms with E-state index >= 15 is 0 Å². The molecule has 0 aromatic heterocycles. The van der Waals surface area contributed by atoms with Crippen LogP contribution in [0, 0.1) is 0 Å². The van der Waals surface area contributed by atoms with Gasteiger partial charge < -0.3 is 35.2 Å². The highest BCUT2D eigenvalue weighted by atomic mass is 31.2. The Balaban J connectivity index is 2.87. The fraction of sp³-hybridized carbons (Fsp3) is 0.875. The summed E-state index contributed by atoms with van der Waals surface area (Å²) in [7, 11) is -5.14. The molecule has 1 amide bonds. The van der Waals surface area contributed by atoms with Crippen molar-refractivity contribution in [3.63, 3.8) is 0 Å². The fourth-order valence-corrected chi connectivity index (χ4v) is 2.27. The van der Waals surface area contributed by atoms with E-state index in [1.165, 1.54) is 5.48 Å². The summed E-state index contributed by atoms with van der Waals surface area (Å²) in [5.41, 5.74) is 1.47. The van der Waals surface area contributed by atoms with Gasteiger partial charge in [0.1, 0.15) is 18.3 Å². The fourth-order valence-electron chi connectivity index (χ4n) is 1.51. The van der Waals surface area contributed by atoms with Gasteiger partial charge in [-0.15, -0.1) is 0 Å². The van der Waals surface area contributed by atoms with Crippen LogP contribution in [0.2, 0.25) is 0 Å². The Kier molecular flexibility index (Phi) is 5.80. The minimum atomic E-state index is -5.14. The number of amides is 1. The topological polar surface area (TPSA) is 195 Å². The van der Waals surface area contributed by atoms with Crippen LogP contribution in [0.15, 0.2) is 0 Å². The Morgan fingerprint density at radius 2 is 1.95 bits per heavy atom. The minimum absolute atomic E-state index is 0.867. The molecular formula is C8H16NO11P. The molecule has 1 saturated heterocycles. The molecule has 0 aromatic carbocycles. The Morgan fingerprint density at radius 1 is 1.38 bits per heavy atom. The number of ether oxygens (including phenoxy) is 1. The largest absolute Gasteiger partial charge is 0.498 e. The summed E-state index contributed by atoms with van der Waals surface area (Å²) in [4.78, 5) is 19.8. The highest BCUT2D eigenvalue weighted by Gasteiger charge is 2.57. The molecule has 13 heteroatoms. The lowest BCUT2D eigenvalue weighted by atomic mass is 9.98. The van der Waals surface area contributed by atoms with Gasteiger partial charge in [0, 0.05) is 6.92 Å². The van der Waals surface area contributed by atoms with Gasteiger partial charge in [-0.1, -0.05) is 0 Å². The minimum Gasteiger partial charge on any atom is -0.394 e. The van der Waals surface area contributed by atoms with Gasteiger partial charge in [0.05, 0.1) is 6.61 Å². The summed E-state index contributed by atoms with van der Waals surface area (Å²) in [6, 6.07) is 0. The molecule has 1 unspecified atom stereocenters. The molecule has 0 saturated carbocycles. The lowest BCUT2D eigenvalue weighted by Gasteiger charge is -2.44. The van der Waals surface area contributed by atoms with Crippen molar-refractivity contribution in [2.45, 2.75) is 37.3 Å². The lowest BCUT2D eigenvalue weighted by molar-refractivity contribution is -0.426. The van der Waals surface area contributed by atoms with Crippen LogP contribution in [-0.4, -0.2) is 73.3 Å². The summed E-state index contributed by atoms with van der Waals surface area (Å²) in [6.07, 6.45) is -7.82. The van der Waals surface area contributed by atoms with Crippen LogP contribution >= 0.6 is 7.82 Å². The number of nitrogens with one attached hydrogen (secondary N) is 1. The number of hydrogen-bond acceptors (Lipinski definition) is 10. The zero-order chi connectivity index (χ0) is 16.4. The first-order valence-electron chi connectivity index (χ1n) is 5.56. The molecule has 1 aliphatic rings. The van der Waals surface area contributed by atoms with Gasteiger partial charge in [0.2, 0.25) is 5.91 Å². The molecule has 12 nitrogen and oxygen atoms in total. The van der Waals surface area contributed by atoms with Crippen LogP contribution in [0.5, 0.6) is 0 Å². The van der Waals surface area contributed by atoms with E-state index in [4.69, 9.17) is 5.11 Å². The average Bonchev–Trinajstić information content (AvgIpc) is 2.38. The maximum absolute atomic E-state index is 11.5. The Morgan fingerprint density at radius 3 is 2.43 bits per heavy atom. The zero-order valence-corrected chi connectivity index (χ0v) is 11.6. The first-order chi connectivity index (χ1) is 9.52. The van der Waals surface area contributed by atoms with Gasteiger partial charge in [-0.05, 0) is 0 Å². The van der Waals surface area contributed by atoms with E-state index in [2.05, 4.69) is 13.9 Å². The first kappa shape index (κ1) is 18.4. The third-order valence-corrected chi connectivity index (χ3v) is 3.29. The quantitative estimate of drug-likeness (QED) is 0.148. The van der Waals surface area contributed by atoms with Crippen molar-refractivity contribution >= 4 is 13.7 Å². The Labute approximate surface area is 118 Å². The van der Waals surface area contributed by atoms with Crippen molar-refractivity contribution in [3.05, 3.63) is 0 Å². The molecule has 1 rings (SSSR count). The highest BCUT2D eigenvalue weighted by Crippen LogP contribution is 2.48. The molecule has 6 atom stereocenters. The molecule has 1 heterocycles. The normalized spacial score (nSPS) is 39.6. The molecular weight excluding hydrogens is 317 g/mol. The number of carbonyl (C=O) groups excluding carboxylic acids is 1. The van der Waals surface area contributed by atoms with E-state index in [9.17, 15) is 34.7 Å². The predicted octanol–water partition coefficient (Wildman–Crippen LogP) is -3.71. The van der Waals surface area contributed by atoms with Crippen LogP contribution in [0.3, 0.4) is 0 Å². The van der Waals surface area contributed by atoms with Gasteiger partial charge in [-0.2, -0.15) is 4.62 Å². The van der Waals surface area contributed by atoms with Crippen molar-refractivity contribution in [3.8, 4) is 0 Å². The van der Waals surface area contributed by atoms with E-state index in [0.29, 0.717) is 0 Å². The predicted molar refractivity (Wildman–Crippen MR) is 60.7 cm³/mol. The summed E-state index contributed by atoms with van der Waals surface area (Å²) < 4.78 is 24.1. The zero-order valence-electron chi connectivity index (χ0n) is 10.7. The summed E-state index contributed by atoms with van der Waals surface area (Å²) in [5, 5.41) is 47.2. The van der Waals surface area contributed by atoms with E-state index in [1.807, 2.05) is 0 Å². The van der Waals surface area contributed by atoms with Crippen molar-refractivity contribution in [1.82, 2.24) is 5.48 Å². The second-order valence-electron chi connectivity index (χ2n) is 4.20. The average molecular weight is 333 g/mol. The standard InChI is InChI=1S/C8H16NO11P/c1-3(11)9-20-21(16,17)19-8(15)7(14)6(13)5(12)4(2-10)18-8/h4-7,10,12-15H,2H2,1H3,(H,9,11)(H,16,17)/t4-,5-,6+,7+,8+/m1/s1. The maximum atomic E-state index is 11.5. The number of hydrogen-bond donors (Lipinski definition) is 7. The number of aliphatic hydroxyl groups is 5. The number of phosphoric ester groups is 1. The van der Waals surface area contributed by atoms with Crippen molar-refractivity contribution in [2.24, 2.45) is 0 Å². The number of phosphoric acid groups is 1. The Bertz CT molecular complexity index is 430. The molecule has 7 N–H and O–H groups in total. The first-order valence-corrected chi connectivity index (χ1v) is 7.06. The number of aliphatic hydroxyl groups excluding tert-OH is 4. The van der Waals surface area contributed by atoms with Gasteiger partial charge in [-0.25, -0.2) is 14.6 Å². The highest BCUT2D eigenvalue weighted by molar-refractivity contribution is 7.47. The summed E-state index contributed by atoms with van der Waals surface area (Å²) in [5.74, 6) is -4.14. The molecule has 0 aliphatic carbocycles. The van der Waals surface area contributed by atoms with Gasteiger partial charge in [-0.3, -0.25) is 4.79 Å². The van der Waals surface area contributed by atoms with Crippen LogP contribution < -0.4 is 5.48 Å². The SMILES string of the molecule is CC(=O)NOP(=O)(O)O[C@@]1(O)O[C@H](CO)[C@@H](O)[C@H](O)[C@@H]1O. The second kappa shape index (κ2) is 6.62. The van der Waals surface area contributed by atoms with Crippen LogP contribution in [0.25, 0.3) is 0 Å². The molecule has 0 bridgehead atoms. The molecule has 21 heavy (non-hydrogen) atoms. The lowest BCUT2D eigenvalue weighted by Crippen LogP contribution is -2.65. The van der Waals surface area contributed by atoms with Crippen molar-refractivity contribution in [2.75, 3.05) is 6.61 Å². The van der Waals surface area contributed by atoms with Crippen molar-refractivity contribution < 1.29 is 53.7 Å². The van der Waals surface area contributed by atoms with Crippen LogP contribution in [0.1, 0.15) is 6.92 Å². The summed E-state index contributed by atoms with van der Waals surface area (Å²) >= 11 is 0. The number of carbonyl (C=O) groups is 1. The smallest absolute Gasteiger partial charge is 0.394 e. The molecule has 0 spiro atoms. The molecule has 1 aliphatic heterocycles. The maximum Gasteiger partial charge on any atom is 0.498 e. The molecule has 1 fully saturated rings. The van der Waals surface area contributed by atoms with Crippen LogP contribution in [-0.2, 0) is 23.2 Å². The van der Waals surface area contributed by atoms with Crippen molar-refractivity contribution in [1.29, 1.82) is 0 Å². The van der Waals surface area contributed by atoms with Crippen LogP contribution in [0.4, 0.5) is 0 Å². The Hall–Kier alpha value is -0.660. The monoisotopic (exact) mass is 333 g/mol. The van der Waals surface area contributed by atoms with Gasteiger partial charge in [0.25, 0.3) is 0 Å².